The van der Waals surface area contributed by atoms with Gasteiger partial charge in [0.25, 0.3) is 0 Å². The van der Waals surface area contributed by atoms with Crippen LogP contribution < -0.4 is 10.6 Å². The number of carbonyl (C=O) groups is 1. The van der Waals surface area contributed by atoms with Crippen LogP contribution in [0.4, 0.5) is 22.1 Å². The van der Waals surface area contributed by atoms with Gasteiger partial charge in [-0.15, -0.1) is 0 Å². The van der Waals surface area contributed by atoms with Crippen LogP contribution in [-0.4, -0.2) is 42.4 Å². The van der Waals surface area contributed by atoms with Crippen molar-refractivity contribution in [3.05, 3.63) is 90.3 Å². The zero-order chi connectivity index (χ0) is 24.0. The number of urea groups is 1. The second-order valence-corrected chi connectivity index (χ2v) is 7.83. The van der Waals surface area contributed by atoms with Crippen LogP contribution in [0, 0.1) is 11.8 Å². The number of benzene rings is 1. The number of hydrogen-bond acceptors (Lipinski definition) is 7. The van der Waals surface area contributed by atoms with Crippen LogP contribution in [0.3, 0.4) is 0 Å². The molecule has 3 aromatic heterocycles. The first-order chi connectivity index (χ1) is 17.1. The molecular formula is C25H22N8O2. The van der Waals surface area contributed by atoms with Crippen LogP contribution in [0.25, 0.3) is 0 Å². The zero-order valence-corrected chi connectivity index (χ0v) is 18.9. The zero-order valence-electron chi connectivity index (χ0n) is 18.9. The summed E-state index contributed by atoms with van der Waals surface area (Å²) in [6, 6.07) is 10.6. The third kappa shape index (κ3) is 5.43. The molecule has 1 aliphatic rings. The molecular weight excluding hydrogens is 444 g/mol. The maximum atomic E-state index is 12.9. The minimum Gasteiger partial charge on any atom is -0.321 e. The van der Waals surface area contributed by atoms with Crippen molar-refractivity contribution in [2.45, 2.75) is 12.5 Å². The minimum absolute atomic E-state index is 0.178. The third-order valence-electron chi connectivity index (χ3n) is 5.25. The highest BCUT2D eigenvalue weighted by Crippen LogP contribution is 2.30. The van der Waals surface area contributed by atoms with Crippen molar-refractivity contribution in [1.82, 2.24) is 29.8 Å². The monoisotopic (exact) mass is 466 g/mol. The molecule has 2 amide bonds. The van der Waals surface area contributed by atoms with Gasteiger partial charge in [0.15, 0.2) is 0 Å². The van der Waals surface area contributed by atoms with Crippen LogP contribution in [-0.2, 0) is 11.9 Å². The number of anilines is 3. The summed E-state index contributed by atoms with van der Waals surface area (Å²) in [5.74, 6) is 6.59. The molecule has 0 aliphatic carbocycles. The number of pyridine rings is 1. The molecule has 1 fully saturated rings. The topological polar surface area (TPSA) is 110 Å². The summed E-state index contributed by atoms with van der Waals surface area (Å²) in [4.78, 5) is 31.2. The Bertz CT molecular complexity index is 1380. The van der Waals surface area contributed by atoms with Gasteiger partial charge in [0.05, 0.1) is 30.1 Å². The molecule has 10 heteroatoms. The van der Waals surface area contributed by atoms with Gasteiger partial charge in [-0.1, -0.05) is 24.0 Å². The van der Waals surface area contributed by atoms with Crippen molar-refractivity contribution in [2.75, 3.05) is 17.2 Å². The molecule has 35 heavy (non-hydrogen) atoms. The van der Waals surface area contributed by atoms with Gasteiger partial charge in [0.2, 0.25) is 5.95 Å². The van der Waals surface area contributed by atoms with Gasteiger partial charge in [-0.3, -0.25) is 14.5 Å². The largest absolute Gasteiger partial charge is 0.346 e. The lowest BCUT2D eigenvalue weighted by atomic mass is 10.1. The lowest BCUT2D eigenvalue weighted by Gasteiger charge is -2.22. The smallest absolute Gasteiger partial charge is 0.321 e. The van der Waals surface area contributed by atoms with Gasteiger partial charge in [-0.25, -0.2) is 14.8 Å². The summed E-state index contributed by atoms with van der Waals surface area (Å²) in [6.45, 7) is 0.469. The summed E-state index contributed by atoms with van der Waals surface area (Å²) in [6.07, 6.45) is 11.0. The standard InChI is InChI=1S/C25H22N8O2/c1-32-17-22(16-29-32)30-24-27-13-19(14-28-24)8-7-18-4-2-6-21(12-18)31-25(34)33-23(9-11-35-33)20-5-3-10-26-15-20/h2-6,10,12-17,23H,9,11H2,1H3,(H,31,34)(H,27,28,30)/t23-/m0/s1. The first-order valence-corrected chi connectivity index (χ1v) is 11.0. The van der Waals surface area contributed by atoms with E-state index in [1.54, 1.807) is 47.8 Å². The van der Waals surface area contributed by atoms with Gasteiger partial charge in [0.1, 0.15) is 0 Å². The van der Waals surface area contributed by atoms with E-state index in [4.69, 9.17) is 4.84 Å². The summed E-state index contributed by atoms with van der Waals surface area (Å²) >= 11 is 0. The van der Waals surface area contributed by atoms with Crippen molar-refractivity contribution < 1.29 is 9.63 Å². The molecule has 10 nitrogen and oxygen atoms in total. The van der Waals surface area contributed by atoms with E-state index in [9.17, 15) is 4.79 Å². The fourth-order valence-electron chi connectivity index (χ4n) is 3.61. The van der Waals surface area contributed by atoms with Crippen LogP contribution in [0.2, 0.25) is 0 Å². The van der Waals surface area contributed by atoms with Gasteiger partial charge in [-0.2, -0.15) is 10.2 Å². The quantitative estimate of drug-likeness (QED) is 0.442. The maximum absolute atomic E-state index is 12.9. The van der Waals surface area contributed by atoms with E-state index in [2.05, 4.69) is 42.5 Å². The summed E-state index contributed by atoms with van der Waals surface area (Å²) in [5.41, 5.74) is 3.77. The number of hydrogen-bond donors (Lipinski definition) is 2. The van der Waals surface area contributed by atoms with E-state index in [-0.39, 0.29) is 12.1 Å². The molecule has 4 heterocycles. The highest BCUT2D eigenvalue weighted by atomic mass is 16.7. The molecule has 5 rings (SSSR count). The first-order valence-electron chi connectivity index (χ1n) is 11.0. The molecule has 1 saturated heterocycles. The Hall–Kier alpha value is -4.75. The van der Waals surface area contributed by atoms with Gasteiger partial charge in [-0.05, 0) is 29.8 Å². The van der Waals surface area contributed by atoms with E-state index >= 15 is 0 Å². The molecule has 0 spiro atoms. The fourth-order valence-corrected chi connectivity index (χ4v) is 3.61. The Morgan fingerprint density at radius 2 is 1.91 bits per heavy atom. The second-order valence-electron chi connectivity index (χ2n) is 7.83. The number of aryl methyl sites for hydroxylation is 1. The molecule has 0 unspecified atom stereocenters. The second kappa shape index (κ2) is 10.0. The number of rotatable bonds is 4. The number of amides is 2. The Balaban J connectivity index is 1.23. The highest BCUT2D eigenvalue weighted by molar-refractivity contribution is 5.89. The number of nitrogens with zero attached hydrogens (tertiary/aromatic N) is 6. The van der Waals surface area contributed by atoms with E-state index in [0.29, 0.717) is 30.2 Å². The lowest BCUT2D eigenvalue weighted by Crippen LogP contribution is -2.33. The van der Waals surface area contributed by atoms with E-state index in [1.807, 2.05) is 37.5 Å². The Kier molecular flexibility index (Phi) is 6.32. The summed E-state index contributed by atoms with van der Waals surface area (Å²) < 4.78 is 1.69. The van der Waals surface area contributed by atoms with Gasteiger partial charge < -0.3 is 10.6 Å². The fraction of sp³-hybridized carbons (Fsp3) is 0.160. The van der Waals surface area contributed by atoms with Crippen LogP contribution in [0.1, 0.15) is 29.2 Å². The Labute approximate surface area is 202 Å². The summed E-state index contributed by atoms with van der Waals surface area (Å²) in [7, 11) is 1.84. The van der Waals surface area contributed by atoms with Crippen molar-refractivity contribution in [2.24, 2.45) is 7.05 Å². The molecule has 2 N–H and O–H groups in total. The SMILES string of the molecule is Cn1cc(Nc2ncc(C#Cc3cccc(NC(=O)N4OCC[C@H]4c4cccnc4)c3)cn2)cn1. The van der Waals surface area contributed by atoms with Crippen LogP contribution >= 0.6 is 0 Å². The van der Waals surface area contributed by atoms with Gasteiger partial charge in [0, 0.05) is 55.7 Å². The Morgan fingerprint density at radius 3 is 2.69 bits per heavy atom. The molecule has 1 aliphatic heterocycles. The average Bonchev–Trinajstić information content (AvgIpc) is 3.54. The highest BCUT2D eigenvalue weighted by Gasteiger charge is 2.32. The number of hydroxylamine groups is 2. The molecule has 4 aromatic rings. The molecule has 174 valence electrons. The predicted octanol–water partition coefficient (Wildman–Crippen LogP) is 3.66. The molecule has 0 saturated carbocycles. The van der Waals surface area contributed by atoms with Gasteiger partial charge >= 0.3 is 6.03 Å². The molecule has 1 aromatic carbocycles. The molecule has 0 radical (unpaired) electrons. The number of nitrogens with one attached hydrogen (secondary N) is 2. The number of aromatic nitrogens is 5. The average molecular weight is 467 g/mol. The van der Waals surface area contributed by atoms with Crippen molar-refractivity contribution in [3.8, 4) is 11.8 Å². The number of carbonyl (C=O) groups excluding carboxylic acids is 1. The van der Waals surface area contributed by atoms with Crippen LogP contribution in [0.15, 0.2) is 73.6 Å². The van der Waals surface area contributed by atoms with E-state index < -0.39 is 0 Å². The lowest BCUT2D eigenvalue weighted by molar-refractivity contribution is -0.0830. The van der Waals surface area contributed by atoms with Crippen LogP contribution in [0.5, 0.6) is 0 Å². The van der Waals surface area contributed by atoms with Crippen molar-refractivity contribution >= 4 is 23.4 Å². The normalized spacial score (nSPS) is 14.8. The minimum atomic E-state index is -0.341. The predicted molar refractivity (Wildman–Crippen MR) is 129 cm³/mol. The third-order valence-corrected chi connectivity index (χ3v) is 5.25. The van der Waals surface area contributed by atoms with E-state index in [1.165, 1.54) is 5.06 Å². The van der Waals surface area contributed by atoms with Crippen molar-refractivity contribution in [3.63, 3.8) is 0 Å². The summed E-state index contributed by atoms with van der Waals surface area (Å²) in [5, 5.41) is 11.4. The Morgan fingerprint density at radius 1 is 1.06 bits per heavy atom. The van der Waals surface area contributed by atoms with Crippen molar-refractivity contribution in [1.29, 1.82) is 0 Å². The first kappa shape index (κ1) is 22.1. The molecule has 1 atom stereocenters. The molecule has 0 bridgehead atoms. The maximum Gasteiger partial charge on any atom is 0.346 e. The van der Waals surface area contributed by atoms with E-state index in [0.717, 1.165) is 16.8 Å².